The molecule has 0 unspecified atom stereocenters. The summed E-state index contributed by atoms with van der Waals surface area (Å²) in [4.78, 5) is 34.0. The third-order valence-electron chi connectivity index (χ3n) is 5.62. The third-order valence-corrected chi connectivity index (χ3v) is 5.62. The van der Waals surface area contributed by atoms with Crippen molar-refractivity contribution in [3.05, 3.63) is 77.6 Å². The summed E-state index contributed by atoms with van der Waals surface area (Å²) in [5.74, 6) is -2.21. The summed E-state index contributed by atoms with van der Waals surface area (Å²) >= 11 is 0. The van der Waals surface area contributed by atoms with Gasteiger partial charge in [0, 0.05) is 18.3 Å². The van der Waals surface area contributed by atoms with Gasteiger partial charge >= 0.3 is 0 Å². The zero-order valence-electron chi connectivity index (χ0n) is 20.3. The van der Waals surface area contributed by atoms with Crippen LogP contribution >= 0.6 is 0 Å². The molecular weight excluding hydrogens is 468 g/mol. The second-order valence-corrected chi connectivity index (χ2v) is 8.00. The number of hydrogen-bond acceptors (Lipinski definition) is 6. The van der Waals surface area contributed by atoms with Crippen LogP contribution in [0.1, 0.15) is 28.4 Å². The highest BCUT2D eigenvalue weighted by atomic mass is 19.1. The van der Waals surface area contributed by atoms with E-state index >= 15 is 0 Å². The van der Waals surface area contributed by atoms with Gasteiger partial charge in [0.2, 0.25) is 5.91 Å². The van der Waals surface area contributed by atoms with Gasteiger partial charge in [0.15, 0.2) is 11.6 Å². The van der Waals surface area contributed by atoms with Crippen LogP contribution in [0.5, 0.6) is 5.75 Å². The normalized spacial score (nSPS) is 10.6. The lowest BCUT2D eigenvalue weighted by molar-refractivity contribution is -0.125. The van der Waals surface area contributed by atoms with Crippen molar-refractivity contribution in [2.24, 2.45) is 0 Å². The van der Waals surface area contributed by atoms with Crippen molar-refractivity contribution in [1.82, 2.24) is 14.9 Å². The second-order valence-electron chi connectivity index (χ2n) is 8.00. The van der Waals surface area contributed by atoms with Crippen LogP contribution in [0.15, 0.2) is 49.3 Å². The van der Waals surface area contributed by atoms with Crippen LogP contribution in [-0.2, 0) is 11.2 Å². The fourth-order valence-corrected chi connectivity index (χ4v) is 3.48. The van der Waals surface area contributed by atoms with Crippen LogP contribution in [0.25, 0.3) is 11.3 Å². The number of ether oxygens (including phenoxy) is 1. The summed E-state index contributed by atoms with van der Waals surface area (Å²) in [6.07, 6.45) is 3.01. The summed E-state index contributed by atoms with van der Waals surface area (Å²) in [6.45, 7) is 7.25. The lowest BCUT2D eigenvalue weighted by Crippen LogP contribution is -2.29. The summed E-state index contributed by atoms with van der Waals surface area (Å²) < 4.78 is 34.9. The number of hydrogen-bond donors (Lipinski definition) is 2. The molecule has 3 aromatic rings. The van der Waals surface area contributed by atoms with Gasteiger partial charge in [-0.3, -0.25) is 9.59 Å². The highest BCUT2D eigenvalue weighted by Crippen LogP contribution is 2.36. The van der Waals surface area contributed by atoms with Crippen molar-refractivity contribution in [3.63, 3.8) is 0 Å². The Balaban J connectivity index is 1.92. The zero-order chi connectivity index (χ0) is 26.4. The maximum Gasteiger partial charge on any atom is 0.258 e. The molecular formula is C26H27F2N5O3. The molecule has 10 heteroatoms. The van der Waals surface area contributed by atoms with Crippen molar-refractivity contribution >= 4 is 23.3 Å². The van der Waals surface area contributed by atoms with E-state index in [4.69, 9.17) is 10.5 Å². The minimum absolute atomic E-state index is 0.0185. The van der Waals surface area contributed by atoms with Gasteiger partial charge < -0.3 is 20.7 Å². The lowest BCUT2D eigenvalue weighted by atomic mass is 10.0. The molecule has 188 valence electrons. The van der Waals surface area contributed by atoms with E-state index in [-0.39, 0.29) is 47.6 Å². The molecule has 3 N–H and O–H groups in total. The summed E-state index contributed by atoms with van der Waals surface area (Å²) in [5, 5.41) is 2.58. The number of anilines is 2. The molecule has 2 aromatic carbocycles. The lowest BCUT2D eigenvalue weighted by Gasteiger charge is -2.18. The van der Waals surface area contributed by atoms with Crippen molar-refractivity contribution in [3.8, 4) is 17.0 Å². The van der Waals surface area contributed by atoms with Crippen molar-refractivity contribution in [2.45, 2.75) is 20.3 Å². The SMILES string of the molecule is C=CC(=O)N(C)CCOc1c(N)ncnc1-c1cc(F)cc(NC(=O)c2ccc(CC)cc2F)c1C. The molecule has 0 fully saturated rings. The molecule has 0 bridgehead atoms. The average Bonchev–Trinajstić information content (AvgIpc) is 2.86. The van der Waals surface area contributed by atoms with Gasteiger partial charge in [0.1, 0.15) is 30.3 Å². The molecule has 0 aliphatic rings. The molecule has 1 aromatic heterocycles. The Hall–Kier alpha value is -4.34. The van der Waals surface area contributed by atoms with Crippen LogP contribution in [0, 0.1) is 18.6 Å². The Labute approximate surface area is 207 Å². The Morgan fingerprint density at radius 3 is 2.64 bits per heavy atom. The quantitative estimate of drug-likeness (QED) is 0.432. The van der Waals surface area contributed by atoms with Crippen molar-refractivity contribution < 1.29 is 23.1 Å². The van der Waals surface area contributed by atoms with E-state index < -0.39 is 17.5 Å². The Kier molecular flexibility index (Phi) is 8.31. The number of aryl methyl sites for hydroxylation is 1. The van der Waals surface area contributed by atoms with Crippen LogP contribution in [0.2, 0.25) is 0 Å². The Bertz CT molecular complexity index is 1310. The molecule has 0 saturated heterocycles. The van der Waals surface area contributed by atoms with Gasteiger partial charge in [0.05, 0.1) is 12.1 Å². The van der Waals surface area contributed by atoms with E-state index in [1.807, 2.05) is 6.92 Å². The van der Waals surface area contributed by atoms with E-state index in [2.05, 4.69) is 21.9 Å². The van der Waals surface area contributed by atoms with Gasteiger partial charge in [-0.25, -0.2) is 18.7 Å². The first-order valence-electron chi connectivity index (χ1n) is 11.2. The third kappa shape index (κ3) is 5.83. The second kappa shape index (κ2) is 11.4. The fraction of sp³-hybridized carbons (Fsp3) is 0.231. The number of aromatic nitrogens is 2. The minimum atomic E-state index is -0.719. The highest BCUT2D eigenvalue weighted by molar-refractivity contribution is 6.05. The number of rotatable bonds is 9. The smallest absolute Gasteiger partial charge is 0.258 e. The number of nitrogens with two attached hydrogens (primary N) is 1. The molecule has 0 radical (unpaired) electrons. The van der Waals surface area contributed by atoms with Gasteiger partial charge in [0.25, 0.3) is 5.91 Å². The van der Waals surface area contributed by atoms with Crippen LogP contribution in [0.3, 0.4) is 0 Å². The first kappa shape index (κ1) is 26.3. The van der Waals surface area contributed by atoms with Crippen LogP contribution in [0.4, 0.5) is 20.3 Å². The number of halogens is 2. The number of nitrogen functional groups attached to an aromatic ring is 1. The van der Waals surface area contributed by atoms with Crippen LogP contribution < -0.4 is 15.8 Å². The number of amides is 2. The fourth-order valence-electron chi connectivity index (χ4n) is 3.48. The number of carbonyl (C=O) groups excluding carboxylic acids is 2. The predicted molar refractivity (Wildman–Crippen MR) is 134 cm³/mol. The predicted octanol–water partition coefficient (Wildman–Crippen LogP) is 4.15. The van der Waals surface area contributed by atoms with E-state index in [1.54, 1.807) is 20.0 Å². The van der Waals surface area contributed by atoms with Gasteiger partial charge in [-0.05, 0) is 54.8 Å². The molecule has 0 atom stereocenters. The number of carbonyl (C=O) groups is 2. The molecule has 36 heavy (non-hydrogen) atoms. The molecule has 0 aliphatic heterocycles. The summed E-state index contributed by atoms with van der Waals surface area (Å²) in [7, 11) is 1.59. The number of nitrogens with one attached hydrogen (secondary N) is 1. The molecule has 0 aliphatic carbocycles. The first-order chi connectivity index (χ1) is 17.2. The molecule has 8 nitrogen and oxygen atoms in total. The number of nitrogens with zero attached hydrogens (tertiary/aromatic N) is 3. The number of likely N-dealkylation sites (N-methyl/N-ethyl adjacent to an activating group) is 1. The first-order valence-corrected chi connectivity index (χ1v) is 11.2. The standard InChI is InChI=1S/C26H27F2N5O3/c1-5-16-7-8-18(20(28)11-16)26(35)32-21-13-17(27)12-19(15(21)3)23-24(25(29)31-14-30-23)36-10-9-33(4)22(34)6-2/h6-8,11-14H,2,5,9-10H2,1,3-4H3,(H,32,35)(H2,29,30,31). The van der Waals surface area contributed by atoms with E-state index in [1.165, 1.54) is 35.5 Å². The monoisotopic (exact) mass is 495 g/mol. The van der Waals surface area contributed by atoms with Gasteiger partial charge in [-0.1, -0.05) is 19.6 Å². The Morgan fingerprint density at radius 1 is 1.22 bits per heavy atom. The van der Waals surface area contributed by atoms with Gasteiger partial charge in [-0.15, -0.1) is 0 Å². The van der Waals surface area contributed by atoms with Crippen molar-refractivity contribution in [1.29, 1.82) is 0 Å². The summed E-state index contributed by atoms with van der Waals surface area (Å²) in [5.41, 5.74) is 7.68. The van der Waals surface area contributed by atoms with E-state index in [0.29, 0.717) is 17.5 Å². The Morgan fingerprint density at radius 2 is 1.97 bits per heavy atom. The average molecular weight is 496 g/mol. The van der Waals surface area contributed by atoms with E-state index in [0.717, 1.165) is 11.6 Å². The largest absolute Gasteiger partial charge is 0.486 e. The molecule has 0 spiro atoms. The minimum Gasteiger partial charge on any atom is -0.486 e. The molecule has 0 saturated carbocycles. The zero-order valence-corrected chi connectivity index (χ0v) is 20.3. The molecule has 3 rings (SSSR count). The topological polar surface area (TPSA) is 110 Å². The molecule has 2 amide bonds. The maximum absolute atomic E-state index is 14.6. The molecule has 1 heterocycles. The maximum atomic E-state index is 14.6. The number of benzene rings is 2. The summed E-state index contributed by atoms with van der Waals surface area (Å²) in [6, 6.07) is 6.71. The van der Waals surface area contributed by atoms with Gasteiger partial charge in [-0.2, -0.15) is 0 Å². The van der Waals surface area contributed by atoms with E-state index in [9.17, 15) is 18.4 Å². The highest BCUT2D eigenvalue weighted by Gasteiger charge is 2.20. The van der Waals surface area contributed by atoms with Crippen molar-refractivity contribution in [2.75, 3.05) is 31.2 Å². The van der Waals surface area contributed by atoms with Crippen LogP contribution in [-0.4, -0.2) is 46.9 Å².